The summed E-state index contributed by atoms with van der Waals surface area (Å²) < 4.78 is 0. The number of hydrazine groups is 1. The number of rotatable bonds is 5. The van der Waals surface area contributed by atoms with E-state index in [1.54, 1.807) is 0 Å². The van der Waals surface area contributed by atoms with Crippen molar-refractivity contribution in [1.29, 1.82) is 0 Å². The monoisotopic (exact) mass is 184 g/mol. The molecule has 1 aliphatic rings. The smallest absolute Gasteiger partial charge is 0.0241 e. The second-order valence-corrected chi connectivity index (χ2v) is 4.49. The van der Waals surface area contributed by atoms with Gasteiger partial charge >= 0.3 is 0 Å². The SMILES string of the molecule is CCCCC(NN)C1CCCC1C. The first-order valence-corrected chi connectivity index (χ1v) is 5.75. The molecule has 0 aromatic carbocycles. The highest BCUT2D eigenvalue weighted by Gasteiger charge is 2.29. The van der Waals surface area contributed by atoms with Crippen molar-refractivity contribution in [1.82, 2.24) is 5.43 Å². The van der Waals surface area contributed by atoms with Crippen LogP contribution in [-0.4, -0.2) is 6.04 Å². The third kappa shape index (κ3) is 2.96. The number of unbranched alkanes of at least 4 members (excludes halogenated alkanes) is 1. The molecular formula is C11H24N2. The summed E-state index contributed by atoms with van der Waals surface area (Å²) in [4.78, 5) is 0. The Kier molecular flexibility index (Phi) is 4.74. The minimum atomic E-state index is 0.567. The van der Waals surface area contributed by atoms with Crippen molar-refractivity contribution in [2.24, 2.45) is 17.7 Å². The van der Waals surface area contributed by atoms with E-state index >= 15 is 0 Å². The Balaban J connectivity index is 2.35. The highest BCUT2D eigenvalue weighted by atomic mass is 15.2. The lowest BCUT2D eigenvalue weighted by molar-refractivity contribution is 0.281. The van der Waals surface area contributed by atoms with Gasteiger partial charge in [0, 0.05) is 6.04 Å². The summed E-state index contributed by atoms with van der Waals surface area (Å²) >= 11 is 0. The van der Waals surface area contributed by atoms with E-state index in [1.165, 1.54) is 38.5 Å². The summed E-state index contributed by atoms with van der Waals surface area (Å²) in [6.07, 6.45) is 8.00. The minimum Gasteiger partial charge on any atom is -0.271 e. The van der Waals surface area contributed by atoms with E-state index in [1.807, 2.05) is 0 Å². The second kappa shape index (κ2) is 5.61. The Bertz CT molecular complexity index is 136. The summed E-state index contributed by atoms with van der Waals surface area (Å²) in [5.41, 5.74) is 3.01. The van der Waals surface area contributed by atoms with Gasteiger partial charge in [0.15, 0.2) is 0 Å². The molecule has 1 rings (SSSR count). The normalized spacial score (nSPS) is 30.7. The van der Waals surface area contributed by atoms with Gasteiger partial charge in [-0.25, -0.2) is 0 Å². The number of nitrogens with one attached hydrogen (secondary N) is 1. The fourth-order valence-electron chi connectivity index (χ4n) is 2.62. The topological polar surface area (TPSA) is 38.0 Å². The van der Waals surface area contributed by atoms with Crippen LogP contribution in [0.15, 0.2) is 0 Å². The Morgan fingerprint density at radius 3 is 2.69 bits per heavy atom. The van der Waals surface area contributed by atoms with Crippen molar-refractivity contribution in [2.75, 3.05) is 0 Å². The summed E-state index contributed by atoms with van der Waals surface area (Å²) in [6.45, 7) is 4.61. The molecule has 2 nitrogen and oxygen atoms in total. The van der Waals surface area contributed by atoms with Crippen molar-refractivity contribution < 1.29 is 0 Å². The van der Waals surface area contributed by atoms with Crippen LogP contribution in [0.5, 0.6) is 0 Å². The Morgan fingerprint density at radius 2 is 2.23 bits per heavy atom. The minimum absolute atomic E-state index is 0.567. The molecule has 3 atom stereocenters. The Hall–Kier alpha value is -0.0800. The van der Waals surface area contributed by atoms with E-state index in [9.17, 15) is 0 Å². The maximum Gasteiger partial charge on any atom is 0.0241 e. The van der Waals surface area contributed by atoms with Gasteiger partial charge in [-0.05, 0) is 24.7 Å². The lowest BCUT2D eigenvalue weighted by atomic mass is 9.88. The van der Waals surface area contributed by atoms with Gasteiger partial charge in [-0.3, -0.25) is 11.3 Å². The van der Waals surface area contributed by atoms with E-state index in [2.05, 4.69) is 19.3 Å². The highest BCUT2D eigenvalue weighted by molar-refractivity contribution is 4.83. The number of hydrogen-bond acceptors (Lipinski definition) is 2. The van der Waals surface area contributed by atoms with Gasteiger partial charge < -0.3 is 0 Å². The maximum absolute atomic E-state index is 5.61. The molecule has 0 aromatic heterocycles. The van der Waals surface area contributed by atoms with Crippen LogP contribution in [0.2, 0.25) is 0 Å². The molecule has 1 aliphatic carbocycles. The summed E-state index contributed by atoms with van der Waals surface area (Å²) in [5, 5.41) is 0. The average Bonchev–Trinajstić information content (AvgIpc) is 2.54. The molecule has 1 saturated carbocycles. The molecule has 3 unspecified atom stereocenters. The molecule has 1 fully saturated rings. The number of nitrogens with two attached hydrogens (primary N) is 1. The second-order valence-electron chi connectivity index (χ2n) is 4.49. The third-order valence-corrected chi connectivity index (χ3v) is 3.53. The fourth-order valence-corrected chi connectivity index (χ4v) is 2.62. The lowest BCUT2D eigenvalue weighted by Gasteiger charge is -2.26. The van der Waals surface area contributed by atoms with Crippen LogP contribution in [0.1, 0.15) is 52.4 Å². The highest BCUT2D eigenvalue weighted by Crippen LogP contribution is 2.34. The molecular weight excluding hydrogens is 160 g/mol. The molecule has 78 valence electrons. The Labute approximate surface area is 82.2 Å². The molecule has 0 saturated heterocycles. The third-order valence-electron chi connectivity index (χ3n) is 3.53. The van der Waals surface area contributed by atoms with Crippen LogP contribution < -0.4 is 11.3 Å². The quantitative estimate of drug-likeness (QED) is 0.509. The van der Waals surface area contributed by atoms with Crippen molar-refractivity contribution in [3.8, 4) is 0 Å². The van der Waals surface area contributed by atoms with Crippen molar-refractivity contribution in [3.63, 3.8) is 0 Å². The van der Waals surface area contributed by atoms with Crippen LogP contribution in [-0.2, 0) is 0 Å². The molecule has 3 N–H and O–H groups in total. The molecule has 0 bridgehead atoms. The molecule has 0 amide bonds. The van der Waals surface area contributed by atoms with Gasteiger partial charge in [-0.2, -0.15) is 0 Å². The van der Waals surface area contributed by atoms with Crippen LogP contribution in [0.4, 0.5) is 0 Å². The van der Waals surface area contributed by atoms with Gasteiger partial charge in [-0.1, -0.05) is 39.5 Å². The molecule has 13 heavy (non-hydrogen) atoms. The lowest BCUT2D eigenvalue weighted by Crippen LogP contribution is -2.41. The first kappa shape index (κ1) is 11.0. The van der Waals surface area contributed by atoms with Gasteiger partial charge in [0.2, 0.25) is 0 Å². The van der Waals surface area contributed by atoms with Crippen LogP contribution >= 0.6 is 0 Å². The van der Waals surface area contributed by atoms with Crippen LogP contribution in [0.25, 0.3) is 0 Å². The Morgan fingerprint density at radius 1 is 1.46 bits per heavy atom. The van der Waals surface area contributed by atoms with Gasteiger partial charge in [-0.15, -0.1) is 0 Å². The molecule has 0 aromatic rings. The zero-order valence-electron chi connectivity index (χ0n) is 9.05. The van der Waals surface area contributed by atoms with Crippen LogP contribution in [0.3, 0.4) is 0 Å². The zero-order valence-corrected chi connectivity index (χ0v) is 9.05. The summed E-state index contributed by atoms with van der Waals surface area (Å²) in [7, 11) is 0. The van der Waals surface area contributed by atoms with Crippen LogP contribution in [0, 0.1) is 11.8 Å². The number of hydrogen-bond donors (Lipinski definition) is 2. The van der Waals surface area contributed by atoms with E-state index in [0.29, 0.717) is 6.04 Å². The molecule has 0 heterocycles. The standard InChI is InChI=1S/C11H24N2/c1-3-4-8-11(13-12)10-7-5-6-9(10)2/h9-11,13H,3-8,12H2,1-2H3. The molecule has 0 spiro atoms. The fraction of sp³-hybridized carbons (Fsp3) is 1.00. The predicted octanol–water partition coefficient (Wildman–Crippen LogP) is 2.44. The average molecular weight is 184 g/mol. The van der Waals surface area contributed by atoms with E-state index in [4.69, 9.17) is 5.84 Å². The molecule has 0 aliphatic heterocycles. The van der Waals surface area contributed by atoms with Crippen molar-refractivity contribution in [3.05, 3.63) is 0 Å². The van der Waals surface area contributed by atoms with Gasteiger partial charge in [0.25, 0.3) is 0 Å². The molecule has 0 radical (unpaired) electrons. The van der Waals surface area contributed by atoms with Gasteiger partial charge in [0.1, 0.15) is 0 Å². The zero-order chi connectivity index (χ0) is 9.68. The predicted molar refractivity (Wildman–Crippen MR) is 57.1 cm³/mol. The van der Waals surface area contributed by atoms with E-state index in [0.717, 1.165) is 11.8 Å². The first-order chi connectivity index (χ1) is 6.29. The van der Waals surface area contributed by atoms with Gasteiger partial charge in [0.05, 0.1) is 0 Å². The largest absolute Gasteiger partial charge is 0.271 e. The van der Waals surface area contributed by atoms with Crippen molar-refractivity contribution in [2.45, 2.75) is 58.4 Å². The van der Waals surface area contributed by atoms with E-state index in [-0.39, 0.29) is 0 Å². The first-order valence-electron chi connectivity index (χ1n) is 5.75. The summed E-state index contributed by atoms with van der Waals surface area (Å²) in [6, 6.07) is 0.567. The maximum atomic E-state index is 5.61. The van der Waals surface area contributed by atoms with E-state index < -0.39 is 0 Å². The van der Waals surface area contributed by atoms with Crippen molar-refractivity contribution >= 4 is 0 Å². The molecule has 2 heteroatoms. The summed E-state index contributed by atoms with van der Waals surface area (Å²) in [5.74, 6) is 7.31.